The summed E-state index contributed by atoms with van der Waals surface area (Å²) in [5.41, 5.74) is -0.717. The summed E-state index contributed by atoms with van der Waals surface area (Å²) in [5.74, 6) is -0.534. The number of carbonyl (C=O) groups excluding carboxylic acids is 3. The quantitative estimate of drug-likeness (QED) is 0.699. The van der Waals surface area contributed by atoms with E-state index in [1.165, 1.54) is 6.92 Å². The van der Waals surface area contributed by atoms with Crippen molar-refractivity contribution in [2.75, 3.05) is 0 Å². The number of amides is 1. The number of Topliss-reactive ketones (excluding diaryl/α,β-unsaturated/α-hetero) is 1. The van der Waals surface area contributed by atoms with Crippen molar-refractivity contribution in [3.8, 4) is 0 Å². The fourth-order valence-electron chi connectivity index (χ4n) is 1.89. The molecular weight excluding hydrogens is 270 g/mol. The minimum Gasteiger partial charge on any atom is -0.463 e. The van der Waals surface area contributed by atoms with E-state index in [1.54, 1.807) is 27.7 Å². The van der Waals surface area contributed by atoms with E-state index in [0.29, 0.717) is 6.42 Å². The molecule has 122 valence electrons. The fourth-order valence-corrected chi connectivity index (χ4v) is 1.89. The van der Waals surface area contributed by atoms with Crippen LogP contribution in [0.1, 0.15) is 61.3 Å². The molecule has 0 saturated carbocycles. The van der Waals surface area contributed by atoms with Crippen molar-refractivity contribution in [1.82, 2.24) is 5.32 Å². The van der Waals surface area contributed by atoms with Crippen LogP contribution in [-0.4, -0.2) is 29.8 Å². The second-order valence-electron chi connectivity index (χ2n) is 6.74. The van der Waals surface area contributed by atoms with Crippen LogP contribution in [0.15, 0.2) is 0 Å². The Kier molecular flexibility index (Phi) is 7.61. The van der Waals surface area contributed by atoms with E-state index < -0.39 is 11.5 Å². The van der Waals surface area contributed by atoms with E-state index in [-0.39, 0.29) is 36.1 Å². The molecule has 0 rings (SSSR count). The number of hydrogen-bond acceptors (Lipinski definition) is 4. The van der Waals surface area contributed by atoms with Gasteiger partial charge in [-0.15, -0.1) is 0 Å². The molecule has 0 aromatic heterocycles. The molecule has 0 aliphatic rings. The van der Waals surface area contributed by atoms with Crippen LogP contribution in [0.3, 0.4) is 0 Å². The zero-order chi connectivity index (χ0) is 16.8. The van der Waals surface area contributed by atoms with Gasteiger partial charge in [0.2, 0.25) is 5.91 Å². The van der Waals surface area contributed by atoms with Crippen molar-refractivity contribution >= 4 is 17.7 Å². The van der Waals surface area contributed by atoms with Crippen molar-refractivity contribution in [2.24, 2.45) is 11.3 Å². The van der Waals surface area contributed by atoms with Crippen LogP contribution >= 0.6 is 0 Å². The molecule has 5 heteroatoms. The third-order valence-corrected chi connectivity index (χ3v) is 3.29. The Morgan fingerprint density at radius 3 is 2.00 bits per heavy atom. The smallest absolute Gasteiger partial charge is 0.311 e. The summed E-state index contributed by atoms with van der Waals surface area (Å²) in [6.07, 6.45) is 0.401. The molecule has 1 amide bonds. The van der Waals surface area contributed by atoms with E-state index in [4.69, 9.17) is 4.74 Å². The number of esters is 1. The molecule has 0 spiro atoms. The molecule has 0 aliphatic carbocycles. The van der Waals surface area contributed by atoms with Gasteiger partial charge in [-0.25, -0.2) is 0 Å². The first kappa shape index (κ1) is 19.6. The van der Waals surface area contributed by atoms with E-state index in [9.17, 15) is 14.4 Å². The summed E-state index contributed by atoms with van der Waals surface area (Å²) in [6.45, 7) is 12.3. The topological polar surface area (TPSA) is 72.5 Å². The molecule has 5 nitrogen and oxygen atoms in total. The highest BCUT2D eigenvalue weighted by Gasteiger charge is 2.31. The van der Waals surface area contributed by atoms with E-state index in [2.05, 4.69) is 5.32 Å². The molecule has 0 fully saturated rings. The van der Waals surface area contributed by atoms with Crippen LogP contribution in [0, 0.1) is 11.3 Å². The molecule has 1 unspecified atom stereocenters. The first-order valence-electron chi connectivity index (χ1n) is 7.48. The number of ketones is 1. The van der Waals surface area contributed by atoms with Crippen LogP contribution in [0.5, 0.6) is 0 Å². The van der Waals surface area contributed by atoms with Gasteiger partial charge in [0.25, 0.3) is 0 Å². The Morgan fingerprint density at radius 1 is 1.10 bits per heavy atom. The largest absolute Gasteiger partial charge is 0.463 e. The maximum Gasteiger partial charge on any atom is 0.311 e. The first-order valence-corrected chi connectivity index (χ1v) is 7.48. The molecule has 1 atom stereocenters. The zero-order valence-electron chi connectivity index (χ0n) is 14.3. The number of ether oxygens (including phenoxy) is 1. The molecule has 0 radical (unpaired) electrons. The van der Waals surface area contributed by atoms with Crippen molar-refractivity contribution in [2.45, 2.75) is 73.5 Å². The van der Waals surface area contributed by atoms with E-state index >= 15 is 0 Å². The molecule has 1 N–H and O–H groups in total. The summed E-state index contributed by atoms with van der Waals surface area (Å²) in [6, 6.07) is -0.469. The Balaban J connectivity index is 4.47. The van der Waals surface area contributed by atoms with Crippen LogP contribution in [0.25, 0.3) is 0 Å². The van der Waals surface area contributed by atoms with Gasteiger partial charge in [-0.05, 0) is 47.0 Å². The Hall–Kier alpha value is -1.39. The van der Waals surface area contributed by atoms with Crippen LogP contribution in [0.2, 0.25) is 0 Å². The molecule has 21 heavy (non-hydrogen) atoms. The lowest BCUT2D eigenvalue weighted by Crippen LogP contribution is -2.43. The summed E-state index contributed by atoms with van der Waals surface area (Å²) in [4.78, 5) is 35.3. The summed E-state index contributed by atoms with van der Waals surface area (Å²) in [7, 11) is 0. The van der Waals surface area contributed by atoms with Gasteiger partial charge < -0.3 is 10.1 Å². The minimum atomic E-state index is -0.717. The van der Waals surface area contributed by atoms with Crippen molar-refractivity contribution < 1.29 is 19.1 Å². The van der Waals surface area contributed by atoms with Crippen LogP contribution in [-0.2, 0) is 19.1 Å². The van der Waals surface area contributed by atoms with Gasteiger partial charge in [-0.3, -0.25) is 14.4 Å². The maximum atomic E-state index is 11.9. The number of hydrogen-bond donors (Lipinski definition) is 1. The normalized spacial score (nSPS) is 13.2. The van der Waals surface area contributed by atoms with Crippen molar-refractivity contribution in [3.63, 3.8) is 0 Å². The van der Waals surface area contributed by atoms with Gasteiger partial charge in [-0.1, -0.05) is 13.8 Å². The predicted octanol–water partition coefficient (Wildman–Crippen LogP) is 2.47. The first-order chi connectivity index (χ1) is 9.47. The Morgan fingerprint density at radius 2 is 1.62 bits per heavy atom. The second kappa shape index (κ2) is 8.15. The average Bonchev–Trinajstić information content (AvgIpc) is 2.31. The molecule has 0 saturated heterocycles. The van der Waals surface area contributed by atoms with Gasteiger partial charge in [-0.2, -0.15) is 0 Å². The minimum absolute atomic E-state index is 0.0466. The SMILES string of the molecule is CC(=O)C(NC(=O)CCC(C)(C)C(=O)OC(C)C)C(C)C. The number of carbonyl (C=O) groups is 3. The van der Waals surface area contributed by atoms with Crippen LogP contribution in [0.4, 0.5) is 0 Å². The maximum absolute atomic E-state index is 11.9. The molecule has 0 aliphatic heterocycles. The third kappa shape index (κ3) is 7.25. The van der Waals surface area contributed by atoms with Crippen LogP contribution < -0.4 is 5.32 Å². The fraction of sp³-hybridized carbons (Fsp3) is 0.812. The Labute approximate surface area is 127 Å². The average molecular weight is 299 g/mol. The molecular formula is C16H29NO4. The predicted molar refractivity (Wildman–Crippen MR) is 81.7 cm³/mol. The lowest BCUT2D eigenvalue weighted by atomic mass is 9.87. The van der Waals surface area contributed by atoms with Gasteiger partial charge in [0, 0.05) is 6.42 Å². The van der Waals surface area contributed by atoms with Gasteiger partial charge in [0.1, 0.15) is 0 Å². The standard InChI is InChI=1S/C16H29NO4/c1-10(2)14(12(5)18)17-13(19)8-9-16(6,7)15(20)21-11(3)4/h10-11,14H,8-9H2,1-7H3,(H,17,19). The van der Waals surface area contributed by atoms with Crippen molar-refractivity contribution in [3.05, 3.63) is 0 Å². The highest BCUT2D eigenvalue weighted by molar-refractivity contribution is 5.88. The monoisotopic (exact) mass is 299 g/mol. The highest BCUT2D eigenvalue weighted by atomic mass is 16.5. The highest BCUT2D eigenvalue weighted by Crippen LogP contribution is 2.25. The number of nitrogens with one attached hydrogen (secondary N) is 1. The zero-order valence-corrected chi connectivity index (χ0v) is 14.3. The second-order valence-corrected chi connectivity index (χ2v) is 6.74. The van der Waals surface area contributed by atoms with Gasteiger partial charge >= 0.3 is 5.97 Å². The lowest BCUT2D eigenvalue weighted by molar-refractivity contribution is -0.158. The molecule has 0 heterocycles. The van der Waals surface area contributed by atoms with Gasteiger partial charge in [0.15, 0.2) is 5.78 Å². The van der Waals surface area contributed by atoms with Gasteiger partial charge in [0.05, 0.1) is 17.6 Å². The Bertz CT molecular complexity index is 386. The summed E-state index contributed by atoms with van der Waals surface area (Å²) in [5, 5.41) is 2.73. The lowest BCUT2D eigenvalue weighted by Gasteiger charge is -2.24. The molecule has 0 aromatic rings. The third-order valence-electron chi connectivity index (χ3n) is 3.29. The van der Waals surface area contributed by atoms with Crippen molar-refractivity contribution in [1.29, 1.82) is 0 Å². The van der Waals surface area contributed by atoms with E-state index in [1.807, 2.05) is 13.8 Å². The molecule has 0 bridgehead atoms. The number of rotatable bonds is 8. The summed E-state index contributed by atoms with van der Waals surface area (Å²) < 4.78 is 5.18. The van der Waals surface area contributed by atoms with E-state index in [0.717, 1.165) is 0 Å². The summed E-state index contributed by atoms with van der Waals surface area (Å²) >= 11 is 0. The molecule has 0 aromatic carbocycles.